The number of rotatable bonds is 13. The number of hydrogen-bond acceptors (Lipinski definition) is 4. The summed E-state index contributed by atoms with van der Waals surface area (Å²) in [5, 5.41) is 2.96. The zero-order valence-corrected chi connectivity index (χ0v) is 24.8. The van der Waals surface area contributed by atoms with Crippen molar-refractivity contribution in [3.05, 3.63) is 132 Å². The number of amides is 2. The van der Waals surface area contributed by atoms with Crippen molar-refractivity contribution in [1.82, 2.24) is 10.2 Å². The van der Waals surface area contributed by atoms with Gasteiger partial charge in [-0.15, -0.1) is 0 Å². The van der Waals surface area contributed by atoms with Gasteiger partial charge in [0.05, 0.1) is 10.6 Å². The molecule has 1 atom stereocenters. The molecule has 0 fully saturated rings. The number of aryl methyl sites for hydroxylation is 1. The fourth-order valence-corrected chi connectivity index (χ4v) is 6.16. The number of sulfonamides is 1. The Kier molecular flexibility index (Phi) is 10.5. The Morgan fingerprint density at radius 2 is 1.38 bits per heavy atom. The monoisotopic (exact) mass is 583 g/mol. The predicted molar refractivity (Wildman–Crippen MR) is 166 cm³/mol. The molecule has 7 nitrogen and oxygen atoms in total. The molecule has 8 heteroatoms. The second kappa shape index (κ2) is 14.5. The number of carbonyl (C=O) groups is 2. The van der Waals surface area contributed by atoms with Gasteiger partial charge in [0.2, 0.25) is 11.8 Å². The third-order valence-corrected chi connectivity index (χ3v) is 8.70. The molecule has 0 unspecified atom stereocenters. The van der Waals surface area contributed by atoms with Gasteiger partial charge in [-0.1, -0.05) is 97.9 Å². The van der Waals surface area contributed by atoms with Gasteiger partial charge in [0.1, 0.15) is 12.6 Å². The van der Waals surface area contributed by atoms with Crippen LogP contribution in [0.15, 0.2) is 120 Å². The number of nitrogens with zero attached hydrogens (tertiary/aromatic N) is 2. The standard InChI is InChI=1S/C34H37N3O4S/c1-3-22-35-34(39)32(24-28-15-7-4-8-16-28)36(25-29-17-9-5-10-18-29)33(38)26-37(30-19-13-14-27(2)23-30)42(40,41)31-20-11-6-12-21-31/h4-21,23,32H,3,22,24-26H2,1-2H3,(H,35,39)/t32-/m0/s1. The average Bonchev–Trinajstić information content (AvgIpc) is 3.01. The van der Waals surface area contributed by atoms with Crippen LogP contribution in [0, 0.1) is 6.92 Å². The molecule has 4 aromatic carbocycles. The van der Waals surface area contributed by atoms with Crippen LogP contribution in [0.25, 0.3) is 0 Å². The maximum absolute atomic E-state index is 14.3. The van der Waals surface area contributed by atoms with Crippen LogP contribution in [0.2, 0.25) is 0 Å². The van der Waals surface area contributed by atoms with Crippen molar-refractivity contribution in [2.24, 2.45) is 0 Å². The average molecular weight is 584 g/mol. The van der Waals surface area contributed by atoms with Crippen LogP contribution in [0.3, 0.4) is 0 Å². The second-order valence-corrected chi connectivity index (χ2v) is 12.0. The lowest BCUT2D eigenvalue weighted by molar-refractivity contribution is -0.140. The van der Waals surface area contributed by atoms with Crippen LogP contribution < -0.4 is 9.62 Å². The van der Waals surface area contributed by atoms with Gasteiger partial charge in [-0.25, -0.2) is 8.42 Å². The maximum atomic E-state index is 14.3. The van der Waals surface area contributed by atoms with E-state index >= 15 is 0 Å². The molecule has 0 aliphatic heterocycles. The number of benzene rings is 4. The van der Waals surface area contributed by atoms with Crippen LogP contribution >= 0.6 is 0 Å². The van der Waals surface area contributed by atoms with Crippen LogP contribution in [0.5, 0.6) is 0 Å². The van der Waals surface area contributed by atoms with Gasteiger partial charge in [-0.3, -0.25) is 13.9 Å². The third-order valence-electron chi connectivity index (χ3n) is 6.92. The molecule has 0 aliphatic carbocycles. The molecule has 1 N–H and O–H groups in total. The Morgan fingerprint density at radius 3 is 1.98 bits per heavy atom. The van der Waals surface area contributed by atoms with Gasteiger partial charge in [-0.05, 0) is 54.3 Å². The summed E-state index contributed by atoms with van der Waals surface area (Å²) in [4.78, 5) is 29.6. The lowest BCUT2D eigenvalue weighted by Gasteiger charge is -2.34. The van der Waals surface area contributed by atoms with Crippen LogP contribution in [-0.4, -0.2) is 44.3 Å². The summed E-state index contributed by atoms with van der Waals surface area (Å²) in [6.07, 6.45) is 1.03. The molecule has 0 aliphatic rings. The lowest BCUT2D eigenvalue weighted by Crippen LogP contribution is -2.53. The predicted octanol–water partition coefficient (Wildman–Crippen LogP) is 5.36. The molecule has 0 saturated heterocycles. The Morgan fingerprint density at radius 1 is 0.786 bits per heavy atom. The summed E-state index contributed by atoms with van der Waals surface area (Å²) in [6, 6.07) is 33.2. The maximum Gasteiger partial charge on any atom is 0.264 e. The van der Waals surface area contributed by atoms with Crippen LogP contribution in [-0.2, 0) is 32.6 Å². The molecule has 0 saturated carbocycles. The van der Waals surface area contributed by atoms with E-state index in [1.54, 1.807) is 36.4 Å². The lowest BCUT2D eigenvalue weighted by atomic mass is 10.0. The highest BCUT2D eigenvalue weighted by Crippen LogP contribution is 2.25. The van der Waals surface area contributed by atoms with E-state index in [4.69, 9.17) is 0 Å². The number of nitrogens with one attached hydrogen (secondary N) is 1. The van der Waals surface area contributed by atoms with Crippen molar-refractivity contribution in [3.8, 4) is 0 Å². The van der Waals surface area contributed by atoms with E-state index in [2.05, 4.69) is 5.32 Å². The first-order valence-corrected chi connectivity index (χ1v) is 15.5. The fraction of sp³-hybridized carbons (Fsp3) is 0.235. The van der Waals surface area contributed by atoms with Gasteiger partial charge in [0, 0.05) is 19.5 Å². The Balaban J connectivity index is 1.77. The Bertz CT molecular complexity index is 1560. The topological polar surface area (TPSA) is 86.8 Å². The summed E-state index contributed by atoms with van der Waals surface area (Å²) in [6.45, 7) is 3.97. The van der Waals surface area contributed by atoms with E-state index in [0.717, 1.165) is 27.4 Å². The van der Waals surface area contributed by atoms with E-state index in [1.165, 1.54) is 17.0 Å². The molecule has 2 amide bonds. The van der Waals surface area contributed by atoms with Gasteiger partial charge in [0.15, 0.2) is 0 Å². The molecule has 0 bridgehead atoms. The molecule has 0 aromatic heterocycles. The van der Waals surface area contributed by atoms with Gasteiger partial charge >= 0.3 is 0 Å². The van der Waals surface area contributed by atoms with Crippen LogP contribution in [0.1, 0.15) is 30.0 Å². The minimum absolute atomic E-state index is 0.0791. The van der Waals surface area contributed by atoms with E-state index in [9.17, 15) is 18.0 Å². The summed E-state index contributed by atoms with van der Waals surface area (Å²) in [5.41, 5.74) is 2.96. The van der Waals surface area contributed by atoms with E-state index in [1.807, 2.05) is 80.6 Å². The summed E-state index contributed by atoms with van der Waals surface area (Å²) in [5.74, 6) is -0.759. The largest absolute Gasteiger partial charge is 0.354 e. The van der Waals surface area contributed by atoms with Crippen molar-refractivity contribution in [3.63, 3.8) is 0 Å². The van der Waals surface area contributed by atoms with Crippen LogP contribution in [0.4, 0.5) is 5.69 Å². The minimum atomic E-state index is -4.11. The van der Waals surface area contributed by atoms with E-state index in [-0.39, 0.29) is 23.8 Å². The van der Waals surface area contributed by atoms with Crippen molar-refractivity contribution in [2.45, 2.75) is 44.2 Å². The smallest absolute Gasteiger partial charge is 0.264 e. The zero-order valence-electron chi connectivity index (χ0n) is 24.0. The highest BCUT2D eigenvalue weighted by atomic mass is 32.2. The summed E-state index contributed by atoms with van der Waals surface area (Å²) < 4.78 is 29.1. The SMILES string of the molecule is CCCNC(=O)[C@H](Cc1ccccc1)N(Cc1ccccc1)C(=O)CN(c1cccc(C)c1)S(=O)(=O)c1ccccc1. The van der Waals surface area contributed by atoms with Crippen molar-refractivity contribution in [2.75, 3.05) is 17.4 Å². The highest BCUT2D eigenvalue weighted by Gasteiger charge is 2.34. The normalized spacial score (nSPS) is 11.9. The van der Waals surface area contributed by atoms with Crippen molar-refractivity contribution < 1.29 is 18.0 Å². The van der Waals surface area contributed by atoms with Crippen molar-refractivity contribution >= 4 is 27.5 Å². The number of hydrogen-bond donors (Lipinski definition) is 1. The summed E-state index contributed by atoms with van der Waals surface area (Å²) in [7, 11) is -4.11. The number of carbonyl (C=O) groups excluding carboxylic acids is 2. The van der Waals surface area contributed by atoms with Gasteiger partial charge < -0.3 is 10.2 Å². The first-order valence-electron chi connectivity index (χ1n) is 14.1. The third kappa shape index (κ3) is 7.85. The zero-order chi connectivity index (χ0) is 30.0. The quantitative estimate of drug-likeness (QED) is 0.230. The first-order chi connectivity index (χ1) is 20.3. The molecular formula is C34H37N3O4S. The van der Waals surface area contributed by atoms with Gasteiger partial charge in [0.25, 0.3) is 10.0 Å². The molecule has 4 rings (SSSR count). The Hall–Kier alpha value is -4.43. The molecule has 42 heavy (non-hydrogen) atoms. The molecule has 218 valence electrons. The Labute approximate surface area is 248 Å². The molecule has 0 radical (unpaired) electrons. The first kappa shape index (κ1) is 30.5. The highest BCUT2D eigenvalue weighted by molar-refractivity contribution is 7.92. The number of anilines is 1. The van der Waals surface area contributed by atoms with Gasteiger partial charge in [-0.2, -0.15) is 0 Å². The summed E-state index contributed by atoms with van der Waals surface area (Å²) >= 11 is 0. The molecular weight excluding hydrogens is 546 g/mol. The minimum Gasteiger partial charge on any atom is -0.354 e. The molecule has 0 heterocycles. The molecule has 0 spiro atoms. The second-order valence-electron chi connectivity index (χ2n) is 10.2. The fourth-order valence-electron chi connectivity index (χ4n) is 4.73. The molecule has 4 aromatic rings. The van der Waals surface area contributed by atoms with E-state index in [0.29, 0.717) is 12.2 Å². The van der Waals surface area contributed by atoms with E-state index < -0.39 is 28.5 Å². The van der Waals surface area contributed by atoms with Crippen molar-refractivity contribution in [1.29, 1.82) is 0 Å².